The number of anilines is 1. The van der Waals surface area contributed by atoms with E-state index in [1.807, 2.05) is 24.6 Å². The van der Waals surface area contributed by atoms with Gasteiger partial charge in [-0.05, 0) is 11.4 Å². The zero-order valence-electron chi connectivity index (χ0n) is 6.69. The fraction of sp³-hybridized carbons (Fsp3) is 0.125. The molecule has 0 saturated heterocycles. The molecular weight excluding hydrogens is 170 g/mol. The van der Waals surface area contributed by atoms with Crippen LogP contribution in [0, 0.1) is 0 Å². The van der Waals surface area contributed by atoms with Crippen molar-refractivity contribution >= 4 is 17.2 Å². The number of aryl methyl sites for hydroxylation is 1. The molecule has 2 aromatic heterocycles. The summed E-state index contributed by atoms with van der Waals surface area (Å²) < 4.78 is 1.79. The van der Waals surface area contributed by atoms with E-state index < -0.39 is 0 Å². The molecule has 0 radical (unpaired) electrons. The van der Waals surface area contributed by atoms with Gasteiger partial charge in [0.25, 0.3) is 0 Å². The number of nitrogens with two attached hydrogens (primary N) is 1. The second-order valence-electron chi connectivity index (χ2n) is 2.56. The SMILES string of the molecule is Cn1nc(N)cc1-c1cccs1. The van der Waals surface area contributed by atoms with Gasteiger partial charge in [-0.2, -0.15) is 5.10 Å². The van der Waals surface area contributed by atoms with Gasteiger partial charge in [0, 0.05) is 13.1 Å². The van der Waals surface area contributed by atoms with Crippen molar-refractivity contribution in [2.24, 2.45) is 7.05 Å². The van der Waals surface area contributed by atoms with Crippen LogP contribution in [-0.2, 0) is 7.05 Å². The molecule has 0 fully saturated rings. The zero-order chi connectivity index (χ0) is 8.55. The minimum absolute atomic E-state index is 0.570. The van der Waals surface area contributed by atoms with Crippen molar-refractivity contribution < 1.29 is 0 Å². The summed E-state index contributed by atoms with van der Waals surface area (Å²) in [6.07, 6.45) is 0. The number of nitrogens with zero attached hydrogens (tertiary/aromatic N) is 2. The Morgan fingerprint density at radius 1 is 1.58 bits per heavy atom. The summed E-state index contributed by atoms with van der Waals surface area (Å²) in [6.45, 7) is 0. The molecule has 0 aromatic carbocycles. The van der Waals surface area contributed by atoms with Gasteiger partial charge in [-0.1, -0.05) is 6.07 Å². The summed E-state index contributed by atoms with van der Waals surface area (Å²) >= 11 is 1.69. The number of hydrogen-bond donors (Lipinski definition) is 1. The Morgan fingerprint density at radius 2 is 2.42 bits per heavy atom. The molecule has 2 N–H and O–H groups in total. The van der Waals surface area contributed by atoms with Crippen molar-refractivity contribution in [3.63, 3.8) is 0 Å². The summed E-state index contributed by atoms with van der Waals surface area (Å²) in [5.74, 6) is 0.570. The van der Waals surface area contributed by atoms with Crippen LogP contribution in [-0.4, -0.2) is 9.78 Å². The summed E-state index contributed by atoms with van der Waals surface area (Å²) in [5.41, 5.74) is 6.63. The van der Waals surface area contributed by atoms with Crippen LogP contribution in [0.4, 0.5) is 5.82 Å². The number of thiophene rings is 1. The van der Waals surface area contributed by atoms with Gasteiger partial charge in [0.1, 0.15) is 5.82 Å². The molecule has 0 spiro atoms. The average molecular weight is 179 g/mol. The Balaban J connectivity index is 2.54. The lowest BCUT2D eigenvalue weighted by Gasteiger charge is -1.95. The number of hydrogen-bond acceptors (Lipinski definition) is 3. The molecule has 4 heteroatoms. The Hall–Kier alpha value is -1.29. The average Bonchev–Trinajstić information content (AvgIpc) is 2.58. The molecule has 0 atom stereocenters. The Kier molecular flexibility index (Phi) is 1.62. The van der Waals surface area contributed by atoms with Crippen molar-refractivity contribution in [3.8, 4) is 10.6 Å². The molecule has 2 aromatic rings. The van der Waals surface area contributed by atoms with Crippen LogP contribution in [0.15, 0.2) is 23.6 Å². The molecule has 0 aliphatic rings. The smallest absolute Gasteiger partial charge is 0.146 e. The highest BCUT2D eigenvalue weighted by Gasteiger charge is 2.04. The first-order chi connectivity index (χ1) is 5.77. The normalized spacial score (nSPS) is 10.4. The Morgan fingerprint density at radius 3 is 2.92 bits per heavy atom. The van der Waals surface area contributed by atoms with E-state index in [0.29, 0.717) is 5.82 Å². The van der Waals surface area contributed by atoms with Crippen molar-refractivity contribution in [2.45, 2.75) is 0 Å². The maximum absolute atomic E-state index is 5.56. The van der Waals surface area contributed by atoms with Crippen LogP contribution in [0.2, 0.25) is 0 Å². The van der Waals surface area contributed by atoms with Gasteiger partial charge in [0.15, 0.2) is 0 Å². The van der Waals surface area contributed by atoms with Crippen LogP contribution in [0.1, 0.15) is 0 Å². The van der Waals surface area contributed by atoms with E-state index in [2.05, 4.69) is 11.2 Å². The first-order valence-electron chi connectivity index (χ1n) is 3.61. The van der Waals surface area contributed by atoms with Crippen LogP contribution in [0.3, 0.4) is 0 Å². The predicted octanol–water partition coefficient (Wildman–Crippen LogP) is 1.73. The monoisotopic (exact) mass is 179 g/mol. The summed E-state index contributed by atoms with van der Waals surface area (Å²) in [5, 5.41) is 6.11. The van der Waals surface area contributed by atoms with Gasteiger partial charge in [0.2, 0.25) is 0 Å². The predicted molar refractivity (Wildman–Crippen MR) is 50.9 cm³/mol. The number of rotatable bonds is 1. The van der Waals surface area contributed by atoms with Gasteiger partial charge in [-0.25, -0.2) is 0 Å². The van der Waals surface area contributed by atoms with Crippen LogP contribution in [0.5, 0.6) is 0 Å². The van der Waals surface area contributed by atoms with Crippen molar-refractivity contribution in [3.05, 3.63) is 23.6 Å². The van der Waals surface area contributed by atoms with Gasteiger partial charge < -0.3 is 5.73 Å². The standard InChI is InChI=1S/C8H9N3S/c1-11-6(5-8(9)10-11)7-3-2-4-12-7/h2-5H,1H3,(H2,9,10). The van der Waals surface area contributed by atoms with E-state index in [4.69, 9.17) is 5.73 Å². The van der Waals surface area contributed by atoms with E-state index >= 15 is 0 Å². The maximum Gasteiger partial charge on any atom is 0.146 e. The van der Waals surface area contributed by atoms with Crippen LogP contribution >= 0.6 is 11.3 Å². The highest BCUT2D eigenvalue weighted by atomic mass is 32.1. The van der Waals surface area contributed by atoms with Gasteiger partial charge in [-0.15, -0.1) is 11.3 Å². The lowest BCUT2D eigenvalue weighted by atomic mass is 10.3. The van der Waals surface area contributed by atoms with E-state index in [0.717, 1.165) is 5.69 Å². The summed E-state index contributed by atoms with van der Waals surface area (Å²) in [4.78, 5) is 1.20. The van der Waals surface area contributed by atoms with Gasteiger partial charge >= 0.3 is 0 Å². The van der Waals surface area contributed by atoms with Crippen LogP contribution in [0.25, 0.3) is 10.6 Å². The zero-order valence-corrected chi connectivity index (χ0v) is 7.51. The third kappa shape index (κ3) is 1.10. The fourth-order valence-electron chi connectivity index (χ4n) is 1.14. The first-order valence-corrected chi connectivity index (χ1v) is 4.49. The molecular formula is C8H9N3S. The molecule has 0 unspecified atom stereocenters. The third-order valence-electron chi connectivity index (χ3n) is 1.67. The second-order valence-corrected chi connectivity index (χ2v) is 3.50. The summed E-state index contributed by atoms with van der Waals surface area (Å²) in [7, 11) is 1.89. The lowest BCUT2D eigenvalue weighted by Crippen LogP contribution is -1.93. The van der Waals surface area contributed by atoms with E-state index in [-0.39, 0.29) is 0 Å². The molecule has 0 aliphatic heterocycles. The first kappa shape index (κ1) is 7.36. The molecule has 62 valence electrons. The summed E-state index contributed by atoms with van der Waals surface area (Å²) in [6, 6.07) is 5.95. The highest BCUT2D eigenvalue weighted by molar-refractivity contribution is 7.13. The minimum atomic E-state index is 0.570. The molecule has 2 heterocycles. The van der Waals surface area contributed by atoms with Gasteiger partial charge in [-0.3, -0.25) is 4.68 Å². The minimum Gasteiger partial charge on any atom is -0.382 e. The number of nitrogen functional groups attached to an aromatic ring is 1. The van der Waals surface area contributed by atoms with Gasteiger partial charge in [0.05, 0.1) is 10.6 Å². The highest BCUT2D eigenvalue weighted by Crippen LogP contribution is 2.25. The van der Waals surface area contributed by atoms with Crippen LogP contribution < -0.4 is 5.73 Å². The molecule has 0 aliphatic carbocycles. The molecule has 0 amide bonds. The molecule has 0 bridgehead atoms. The fourth-order valence-corrected chi connectivity index (χ4v) is 1.92. The van der Waals surface area contributed by atoms with Crippen molar-refractivity contribution in [1.29, 1.82) is 0 Å². The van der Waals surface area contributed by atoms with Crippen molar-refractivity contribution in [1.82, 2.24) is 9.78 Å². The maximum atomic E-state index is 5.56. The van der Waals surface area contributed by atoms with E-state index in [9.17, 15) is 0 Å². The molecule has 12 heavy (non-hydrogen) atoms. The molecule has 0 saturated carbocycles. The quantitative estimate of drug-likeness (QED) is 0.724. The van der Waals surface area contributed by atoms with E-state index in [1.165, 1.54) is 4.88 Å². The van der Waals surface area contributed by atoms with Crippen molar-refractivity contribution in [2.75, 3.05) is 5.73 Å². The third-order valence-corrected chi connectivity index (χ3v) is 2.56. The lowest BCUT2D eigenvalue weighted by molar-refractivity contribution is 0.782. The largest absolute Gasteiger partial charge is 0.382 e. The molecule has 3 nitrogen and oxygen atoms in total. The number of aromatic nitrogens is 2. The second kappa shape index (κ2) is 2.64. The Labute approximate surface area is 74.4 Å². The Bertz CT molecular complexity index is 375. The van der Waals surface area contributed by atoms with E-state index in [1.54, 1.807) is 16.0 Å². The molecule has 2 rings (SSSR count). The topological polar surface area (TPSA) is 43.8 Å².